The van der Waals surface area contributed by atoms with Crippen molar-refractivity contribution in [2.24, 2.45) is 0 Å². The van der Waals surface area contributed by atoms with Crippen molar-refractivity contribution in [3.63, 3.8) is 0 Å². The zero-order valence-electron chi connectivity index (χ0n) is 21.8. The lowest BCUT2D eigenvalue weighted by Gasteiger charge is -2.44. The first-order valence-corrected chi connectivity index (χ1v) is 24.5. The van der Waals surface area contributed by atoms with Gasteiger partial charge < -0.3 is 16.5 Å². The van der Waals surface area contributed by atoms with E-state index in [9.17, 15) is 0 Å². The summed E-state index contributed by atoms with van der Waals surface area (Å²) >= 11 is 0. The molecule has 0 saturated heterocycles. The third-order valence-electron chi connectivity index (χ3n) is 5.37. The quantitative estimate of drug-likeness (QED) is 0.225. The van der Waals surface area contributed by atoms with Gasteiger partial charge in [0.15, 0.2) is 8.32 Å². The van der Waals surface area contributed by atoms with Gasteiger partial charge in [0, 0.05) is 0 Å². The maximum atomic E-state index is 7.22. The summed E-state index contributed by atoms with van der Waals surface area (Å²) in [6.07, 6.45) is 0. The van der Waals surface area contributed by atoms with Crippen LogP contribution < -0.4 is 10.4 Å². The minimum absolute atomic E-state index is 0. The van der Waals surface area contributed by atoms with Gasteiger partial charge in [0.1, 0.15) is 0 Å². The van der Waals surface area contributed by atoms with Crippen molar-refractivity contribution >= 4 is 52.7 Å². The highest BCUT2D eigenvalue weighted by Crippen LogP contribution is 2.27. The Hall–Kier alpha value is -1.42. The number of benzene rings is 2. The summed E-state index contributed by atoms with van der Waals surface area (Å²) in [6, 6.07) is 20.5. The Kier molecular flexibility index (Phi) is 15.0. The lowest BCUT2D eigenvalue weighted by Crippen LogP contribution is -2.71. The zero-order valence-corrected chi connectivity index (χ0v) is 26.8. The summed E-state index contributed by atoms with van der Waals surface area (Å²) in [5, 5.41) is 2.07. The molecule has 2 aromatic carbocycles. The average molecular weight is 593 g/mol. The van der Waals surface area contributed by atoms with Crippen LogP contribution in [0.25, 0.3) is 0 Å². The smallest absolute Gasteiger partial charge is 0.388 e. The molecule has 0 fully saturated rings. The standard InChI is InChI=1S/C25H40O4Si5.3CH4/c1-11-30(4,5)26-32(8,9)28-33(10,13-3)29-34(27-31(6,7)12-2,24-20-16-14-17-21-24)25-22-18-15-19-23-25;;;/h11-23H,1-3H2,4-10H3;3*1H4. The van der Waals surface area contributed by atoms with Crippen LogP contribution in [0.4, 0.5) is 0 Å². The second-order valence-electron chi connectivity index (χ2n) is 9.99. The van der Waals surface area contributed by atoms with Crippen LogP contribution in [0.5, 0.6) is 0 Å². The van der Waals surface area contributed by atoms with Crippen LogP contribution in [0, 0.1) is 0 Å². The van der Waals surface area contributed by atoms with Crippen LogP contribution in [0.3, 0.4) is 0 Å². The molecule has 0 spiro atoms. The van der Waals surface area contributed by atoms with E-state index in [4.69, 9.17) is 16.5 Å². The fourth-order valence-electron chi connectivity index (χ4n) is 3.72. The van der Waals surface area contributed by atoms with Gasteiger partial charge >= 0.3 is 25.7 Å². The predicted octanol–water partition coefficient (Wildman–Crippen LogP) is 7.58. The van der Waals surface area contributed by atoms with Crippen molar-refractivity contribution in [2.45, 2.75) is 68.1 Å². The molecule has 2 aromatic rings. The fourth-order valence-corrected chi connectivity index (χ4v) is 24.4. The molecule has 1 unspecified atom stereocenters. The highest BCUT2D eigenvalue weighted by molar-refractivity contribution is 7.04. The Balaban J connectivity index is 0. The Morgan fingerprint density at radius 1 is 0.514 bits per heavy atom. The highest BCUT2D eigenvalue weighted by Gasteiger charge is 2.53. The molecular weight excluding hydrogens is 541 g/mol. The first-order valence-electron chi connectivity index (χ1n) is 11.5. The van der Waals surface area contributed by atoms with Crippen molar-refractivity contribution in [3.05, 3.63) is 97.5 Å². The van der Waals surface area contributed by atoms with Crippen molar-refractivity contribution in [3.8, 4) is 0 Å². The van der Waals surface area contributed by atoms with Gasteiger partial charge in [-0.15, -0.1) is 19.7 Å². The maximum absolute atomic E-state index is 7.22. The van der Waals surface area contributed by atoms with E-state index in [1.165, 1.54) is 0 Å². The van der Waals surface area contributed by atoms with E-state index in [1.807, 2.05) is 60.0 Å². The first kappa shape index (κ1) is 37.7. The molecular formula is C28H52O4Si5. The second-order valence-corrected chi connectivity index (χ2v) is 28.1. The topological polar surface area (TPSA) is 36.9 Å². The molecule has 0 bridgehead atoms. The molecule has 0 N–H and O–H groups in total. The number of rotatable bonds is 13. The average Bonchev–Trinajstić information content (AvgIpc) is 2.78. The van der Waals surface area contributed by atoms with Crippen LogP contribution in [-0.4, -0.2) is 42.3 Å². The van der Waals surface area contributed by atoms with Crippen molar-refractivity contribution < 1.29 is 16.5 Å². The van der Waals surface area contributed by atoms with E-state index in [2.05, 4.69) is 83.3 Å². The normalized spacial score (nSPS) is 13.6. The third kappa shape index (κ3) is 10.3. The van der Waals surface area contributed by atoms with Gasteiger partial charge in [-0.05, 0) is 56.2 Å². The molecule has 2 rings (SSSR count). The summed E-state index contributed by atoms with van der Waals surface area (Å²) in [5.41, 5.74) is 5.75. The summed E-state index contributed by atoms with van der Waals surface area (Å²) in [4.78, 5) is 0. The van der Waals surface area contributed by atoms with Gasteiger partial charge in [0.2, 0.25) is 8.32 Å². The molecule has 0 aliphatic carbocycles. The monoisotopic (exact) mass is 592 g/mol. The Morgan fingerprint density at radius 3 is 1.24 bits per heavy atom. The Bertz CT molecular complexity index is 941. The van der Waals surface area contributed by atoms with Gasteiger partial charge in [-0.2, -0.15) is 0 Å². The van der Waals surface area contributed by atoms with Crippen LogP contribution >= 0.6 is 0 Å². The lowest BCUT2D eigenvalue weighted by molar-refractivity contribution is 0.313. The van der Waals surface area contributed by atoms with Gasteiger partial charge in [0.05, 0.1) is 0 Å². The minimum atomic E-state index is -3.21. The third-order valence-corrected chi connectivity index (χ3v) is 24.0. The van der Waals surface area contributed by atoms with Crippen molar-refractivity contribution in [2.75, 3.05) is 0 Å². The maximum Gasteiger partial charge on any atom is 0.388 e. The van der Waals surface area contributed by atoms with E-state index < -0.39 is 42.3 Å². The first-order chi connectivity index (χ1) is 15.7. The second kappa shape index (κ2) is 14.7. The molecule has 0 heterocycles. The molecule has 9 heteroatoms. The van der Waals surface area contributed by atoms with Crippen molar-refractivity contribution in [1.82, 2.24) is 0 Å². The van der Waals surface area contributed by atoms with Crippen LogP contribution in [-0.2, 0) is 16.5 Å². The zero-order chi connectivity index (χ0) is 25.7. The molecule has 37 heavy (non-hydrogen) atoms. The Morgan fingerprint density at radius 2 is 0.892 bits per heavy atom. The van der Waals surface area contributed by atoms with E-state index in [0.29, 0.717) is 0 Å². The molecule has 0 radical (unpaired) electrons. The van der Waals surface area contributed by atoms with E-state index >= 15 is 0 Å². The van der Waals surface area contributed by atoms with E-state index in [1.54, 1.807) is 0 Å². The van der Waals surface area contributed by atoms with Crippen molar-refractivity contribution in [1.29, 1.82) is 0 Å². The predicted molar refractivity (Wildman–Crippen MR) is 177 cm³/mol. The van der Waals surface area contributed by atoms with Gasteiger partial charge in [-0.3, -0.25) is 0 Å². The number of hydrogen-bond acceptors (Lipinski definition) is 4. The van der Waals surface area contributed by atoms with Crippen LogP contribution in [0.2, 0.25) is 45.8 Å². The molecule has 0 aliphatic heterocycles. The lowest BCUT2D eigenvalue weighted by atomic mass is 10.4. The highest BCUT2D eigenvalue weighted by atomic mass is 28.5. The molecule has 0 aromatic heterocycles. The SMILES string of the molecule is C.C.C.C=C[Si](C)(C)O[Si](C)(C)O[Si](C)(C=C)O[Si](O[Si](C)(C)C=C)(c1ccccc1)c1ccccc1. The Labute approximate surface area is 234 Å². The van der Waals surface area contributed by atoms with Crippen LogP contribution in [0.15, 0.2) is 97.5 Å². The summed E-state index contributed by atoms with van der Waals surface area (Å²) in [5.74, 6) is 0. The molecule has 0 amide bonds. The number of hydrogen-bond donors (Lipinski definition) is 0. The van der Waals surface area contributed by atoms with Gasteiger partial charge in [-0.25, -0.2) is 0 Å². The fraction of sp³-hybridized carbons (Fsp3) is 0.357. The van der Waals surface area contributed by atoms with Gasteiger partial charge in [0.25, 0.3) is 0 Å². The molecule has 1 atom stereocenters. The van der Waals surface area contributed by atoms with E-state index in [0.717, 1.165) is 10.4 Å². The largest absolute Gasteiger partial charge is 0.433 e. The van der Waals surface area contributed by atoms with Crippen LogP contribution in [0.1, 0.15) is 22.3 Å². The summed E-state index contributed by atoms with van der Waals surface area (Å²) in [7, 11) is -13.1. The summed E-state index contributed by atoms with van der Waals surface area (Å²) in [6.45, 7) is 26.9. The summed E-state index contributed by atoms with van der Waals surface area (Å²) < 4.78 is 27.6. The molecule has 4 nitrogen and oxygen atoms in total. The van der Waals surface area contributed by atoms with Gasteiger partial charge in [-0.1, -0.05) is 100 Å². The molecule has 0 aliphatic rings. The molecule has 0 saturated carbocycles. The van der Waals surface area contributed by atoms with E-state index in [-0.39, 0.29) is 22.3 Å². The molecule has 208 valence electrons. The minimum Gasteiger partial charge on any atom is -0.433 e.